The van der Waals surface area contributed by atoms with E-state index < -0.39 is 0 Å². The molecule has 0 saturated heterocycles. The lowest BCUT2D eigenvalue weighted by Gasteiger charge is -1.98. The molecule has 9 heteroatoms. The van der Waals surface area contributed by atoms with Crippen LogP contribution >= 0.6 is 34.4 Å². The second kappa shape index (κ2) is 10.6. The molecular weight excluding hydrogens is 589 g/mol. The highest BCUT2D eigenvalue weighted by atomic mass is 32.2. The lowest BCUT2D eigenvalue weighted by molar-refractivity contribution is 0.665. The second-order valence-corrected chi connectivity index (χ2v) is 13.2. The van der Waals surface area contributed by atoms with E-state index in [0.717, 1.165) is 21.4 Å². The molecule has 0 saturated carbocycles. The standard InChI is InChI=1S/C34H24N6S3/c1-39-33(35-31(37-39)25-17-9-15-23-19-27(41-29(23)25)21-11-5-3-6-12-21)43-34-36-32(38-40(34)2)26-18-10-16-24-20-28(42-30(24)26)22-13-7-4-8-14-22/h3-20H,1-2H3. The molecule has 0 atom stereocenters. The molecular formula is C34H24N6S3. The molecule has 0 aliphatic rings. The van der Waals surface area contributed by atoms with Gasteiger partial charge in [-0.15, -0.1) is 22.7 Å². The van der Waals surface area contributed by atoms with Crippen LogP contribution in [0.2, 0.25) is 0 Å². The van der Waals surface area contributed by atoms with Crippen molar-refractivity contribution in [3.05, 3.63) is 109 Å². The molecule has 0 unspecified atom stereocenters. The number of thiophene rings is 2. The largest absolute Gasteiger partial charge is 0.243 e. The monoisotopic (exact) mass is 612 g/mol. The highest BCUT2D eigenvalue weighted by molar-refractivity contribution is 7.99. The van der Waals surface area contributed by atoms with E-state index in [1.54, 1.807) is 22.7 Å². The van der Waals surface area contributed by atoms with Crippen molar-refractivity contribution in [2.75, 3.05) is 0 Å². The average Bonchev–Trinajstić information content (AvgIpc) is 3.83. The van der Waals surface area contributed by atoms with Gasteiger partial charge in [-0.05, 0) is 57.9 Å². The number of aromatic nitrogens is 6. The van der Waals surface area contributed by atoms with E-state index in [2.05, 4.69) is 97.1 Å². The summed E-state index contributed by atoms with van der Waals surface area (Å²) in [6.45, 7) is 0. The number of hydrogen-bond acceptors (Lipinski definition) is 7. The molecule has 0 aliphatic heterocycles. The first-order valence-corrected chi connectivity index (χ1v) is 16.2. The fourth-order valence-corrected chi connectivity index (χ4v) is 8.32. The van der Waals surface area contributed by atoms with Gasteiger partial charge in [-0.2, -0.15) is 10.2 Å². The molecule has 4 heterocycles. The topological polar surface area (TPSA) is 61.4 Å². The summed E-state index contributed by atoms with van der Waals surface area (Å²) in [5.74, 6) is 1.41. The van der Waals surface area contributed by atoms with Gasteiger partial charge in [0.2, 0.25) is 0 Å². The van der Waals surface area contributed by atoms with Gasteiger partial charge in [0.15, 0.2) is 22.0 Å². The Bertz CT molecular complexity index is 2080. The van der Waals surface area contributed by atoms with Gasteiger partial charge in [0, 0.05) is 44.4 Å². The summed E-state index contributed by atoms with van der Waals surface area (Å²) in [6.07, 6.45) is 0. The Hall–Kier alpha value is -4.57. The van der Waals surface area contributed by atoms with Crippen molar-refractivity contribution in [2.45, 2.75) is 10.3 Å². The fourth-order valence-electron chi connectivity index (χ4n) is 5.20. The Balaban J connectivity index is 1.12. The summed E-state index contributed by atoms with van der Waals surface area (Å²) in [5.41, 5.74) is 4.49. The Morgan fingerprint density at radius 2 is 0.977 bits per heavy atom. The van der Waals surface area contributed by atoms with Crippen LogP contribution in [0, 0.1) is 0 Å². The van der Waals surface area contributed by atoms with Crippen LogP contribution in [0.4, 0.5) is 0 Å². The first-order chi connectivity index (χ1) is 21.1. The van der Waals surface area contributed by atoms with E-state index in [9.17, 15) is 0 Å². The van der Waals surface area contributed by atoms with Crippen molar-refractivity contribution < 1.29 is 0 Å². The number of fused-ring (bicyclic) bond motifs is 2. The Kier molecular flexibility index (Phi) is 6.44. The van der Waals surface area contributed by atoms with Gasteiger partial charge in [0.1, 0.15) is 0 Å². The lowest BCUT2D eigenvalue weighted by atomic mass is 10.1. The van der Waals surface area contributed by atoms with Gasteiger partial charge in [-0.1, -0.05) is 84.9 Å². The fraction of sp³-hybridized carbons (Fsp3) is 0.0588. The maximum absolute atomic E-state index is 4.96. The summed E-state index contributed by atoms with van der Waals surface area (Å²) in [5, 5.41) is 13.5. The molecule has 4 aromatic heterocycles. The van der Waals surface area contributed by atoms with Gasteiger partial charge >= 0.3 is 0 Å². The smallest absolute Gasteiger partial charge is 0.194 e. The number of benzene rings is 4. The number of hydrogen-bond donors (Lipinski definition) is 0. The number of aryl methyl sites for hydroxylation is 2. The molecule has 0 amide bonds. The van der Waals surface area contributed by atoms with E-state index in [1.807, 2.05) is 35.6 Å². The zero-order valence-electron chi connectivity index (χ0n) is 23.3. The summed E-state index contributed by atoms with van der Waals surface area (Å²) < 4.78 is 6.02. The van der Waals surface area contributed by atoms with Crippen LogP contribution in [0.5, 0.6) is 0 Å². The molecule has 208 valence electrons. The molecule has 0 spiro atoms. The average molecular weight is 613 g/mol. The van der Waals surface area contributed by atoms with E-state index in [1.165, 1.54) is 52.8 Å². The van der Waals surface area contributed by atoms with Crippen molar-refractivity contribution in [3.63, 3.8) is 0 Å². The zero-order valence-corrected chi connectivity index (χ0v) is 25.7. The molecule has 0 aliphatic carbocycles. The van der Waals surface area contributed by atoms with E-state index >= 15 is 0 Å². The number of rotatable bonds is 6. The predicted molar refractivity (Wildman–Crippen MR) is 179 cm³/mol. The van der Waals surface area contributed by atoms with Crippen LogP contribution in [0.15, 0.2) is 120 Å². The highest BCUT2D eigenvalue weighted by Gasteiger charge is 2.19. The molecule has 6 nitrogen and oxygen atoms in total. The van der Waals surface area contributed by atoms with E-state index in [0.29, 0.717) is 11.6 Å². The molecule has 0 fully saturated rings. The summed E-state index contributed by atoms with van der Waals surface area (Å²) in [4.78, 5) is 12.4. The highest BCUT2D eigenvalue weighted by Crippen LogP contribution is 2.41. The molecule has 4 aromatic carbocycles. The Morgan fingerprint density at radius 3 is 1.42 bits per heavy atom. The van der Waals surface area contributed by atoms with E-state index in [-0.39, 0.29) is 0 Å². The van der Waals surface area contributed by atoms with Gasteiger partial charge in [0.05, 0.1) is 0 Å². The third kappa shape index (κ3) is 4.75. The number of nitrogens with zero attached hydrogens (tertiary/aromatic N) is 6. The van der Waals surface area contributed by atoms with Crippen LogP contribution in [0.1, 0.15) is 0 Å². The minimum Gasteiger partial charge on any atom is -0.243 e. The quantitative estimate of drug-likeness (QED) is 0.187. The van der Waals surface area contributed by atoms with Gasteiger partial charge < -0.3 is 0 Å². The predicted octanol–water partition coefficient (Wildman–Crippen LogP) is 9.19. The third-order valence-electron chi connectivity index (χ3n) is 7.32. The van der Waals surface area contributed by atoms with Gasteiger partial charge in [-0.3, -0.25) is 0 Å². The summed E-state index contributed by atoms with van der Waals surface area (Å²) in [7, 11) is 3.86. The third-order valence-corrected chi connectivity index (χ3v) is 10.9. The Labute approximate surface area is 260 Å². The van der Waals surface area contributed by atoms with Crippen molar-refractivity contribution in [2.24, 2.45) is 14.1 Å². The van der Waals surface area contributed by atoms with Crippen LogP contribution in [0.3, 0.4) is 0 Å². The van der Waals surface area contributed by atoms with Crippen LogP contribution < -0.4 is 0 Å². The minimum absolute atomic E-state index is 0.705. The zero-order chi connectivity index (χ0) is 28.9. The molecule has 0 bridgehead atoms. The van der Waals surface area contributed by atoms with Crippen molar-refractivity contribution in [3.8, 4) is 43.7 Å². The van der Waals surface area contributed by atoms with Crippen LogP contribution in [-0.2, 0) is 14.1 Å². The summed E-state index contributed by atoms with van der Waals surface area (Å²) >= 11 is 5.02. The second-order valence-electron chi connectivity index (χ2n) is 10.2. The lowest BCUT2D eigenvalue weighted by Crippen LogP contribution is -1.96. The SMILES string of the molecule is Cn1nc(-c2cccc3cc(-c4ccccc4)sc23)nc1Sc1nc(-c2cccc3cc(-c4ccccc4)sc23)nn1C. The Morgan fingerprint density at radius 1 is 0.535 bits per heavy atom. The first kappa shape index (κ1) is 26.1. The van der Waals surface area contributed by atoms with E-state index in [4.69, 9.17) is 20.2 Å². The molecule has 8 aromatic rings. The normalized spacial score (nSPS) is 11.6. The maximum atomic E-state index is 4.96. The van der Waals surface area contributed by atoms with Crippen molar-refractivity contribution in [1.29, 1.82) is 0 Å². The van der Waals surface area contributed by atoms with Gasteiger partial charge in [-0.25, -0.2) is 19.3 Å². The molecule has 0 radical (unpaired) electrons. The van der Waals surface area contributed by atoms with Crippen LogP contribution in [0.25, 0.3) is 63.8 Å². The first-order valence-electron chi connectivity index (χ1n) is 13.8. The van der Waals surface area contributed by atoms with Crippen LogP contribution in [-0.4, -0.2) is 29.5 Å². The van der Waals surface area contributed by atoms with Gasteiger partial charge in [0.25, 0.3) is 0 Å². The van der Waals surface area contributed by atoms with Crippen molar-refractivity contribution in [1.82, 2.24) is 29.5 Å². The molecule has 43 heavy (non-hydrogen) atoms. The summed E-state index contributed by atoms with van der Waals surface area (Å²) in [6, 6.07) is 38.1. The molecule has 0 N–H and O–H groups in total. The minimum atomic E-state index is 0.705. The maximum Gasteiger partial charge on any atom is 0.194 e. The van der Waals surface area contributed by atoms with Crippen molar-refractivity contribution >= 4 is 54.6 Å². The molecule has 8 rings (SSSR count).